The Hall–Kier alpha value is -2.83. The van der Waals surface area contributed by atoms with E-state index in [9.17, 15) is 14.4 Å². The van der Waals surface area contributed by atoms with Crippen LogP contribution in [0.2, 0.25) is 0 Å². The third kappa shape index (κ3) is 5.87. The van der Waals surface area contributed by atoms with E-state index < -0.39 is 29.7 Å². The molecule has 0 radical (unpaired) electrons. The van der Waals surface area contributed by atoms with Gasteiger partial charge in [-0.25, -0.2) is 9.59 Å². The molecule has 1 aromatic rings. The number of carbonyl (C=O) groups excluding carboxylic acids is 3. The van der Waals surface area contributed by atoms with Gasteiger partial charge >= 0.3 is 12.1 Å². The van der Waals surface area contributed by atoms with Crippen LogP contribution in [0.5, 0.6) is 0 Å². The molecule has 0 saturated carbocycles. The minimum absolute atomic E-state index is 0.161. The van der Waals surface area contributed by atoms with Gasteiger partial charge in [-0.15, -0.1) is 0 Å². The summed E-state index contributed by atoms with van der Waals surface area (Å²) in [6, 6.07) is 7.94. The Morgan fingerprint density at radius 3 is 2.48 bits per heavy atom. The Morgan fingerprint density at radius 2 is 1.81 bits per heavy atom. The molecular weight excluding hydrogens is 396 g/mol. The lowest BCUT2D eigenvalue weighted by atomic mass is 9.96. The van der Waals surface area contributed by atoms with E-state index in [-0.39, 0.29) is 12.5 Å². The highest BCUT2D eigenvalue weighted by Crippen LogP contribution is 2.39. The molecule has 0 fully saturated rings. The SMILES string of the molecule is C[C@H](NC(=O)OC(C)(C)C)C(=O)N1C2=C(CCCC2)C[C@H]1C(=O)OCc1ccccc1. The number of carbonyl (C=O) groups is 3. The van der Waals surface area contributed by atoms with Gasteiger partial charge in [0.05, 0.1) is 0 Å². The average molecular weight is 429 g/mol. The Morgan fingerprint density at radius 1 is 1.13 bits per heavy atom. The lowest BCUT2D eigenvalue weighted by molar-refractivity contribution is -0.154. The number of ether oxygens (including phenoxy) is 2. The van der Waals surface area contributed by atoms with Gasteiger partial charge in [-0.05, 0) is 64.5 Å². The van der Waals surface area contributed by atoms with E-state index in [1.54, 1.807) is 32.6 Å². The van der Waals surface area contributed by atoms with Crippen LogP contribution in [0, 0.1) is 0 Å². The third-order valence-electron chi connectivity index (χ3n) is 5.43. The molecule has 2 amide bonds. The van der Waals surface area contributed by atoms with E-state index in [4.69, 9.17) is 9.47 Å². The van der Waals surface area contributed by atoms with Crippen molar-refractivity contribution in [3.63, 3.8) is 0 Å². The molecule has 0 aromatic heterocycles. The molecule has 0 saturated heterocycles. The molecule has 7 heteroatoms. The van der Waals surface area contributed by atoms with E-state index in [1.807, 2.05) is 30.3 Å². The molecule has 1 aliphatic carbocycles. The number of amides is 2. The summed E-state index contributed by atoms with van der Waals surface area (Å²) < 4.78 is 10.8. The zero-order valence-electron chi connectivity index (χ0n) is 18.8. The molecule has 1 aromatic carbocycles. The van der Waals surface area contributed by atoms with E-state index in [0.29, 0.717) is 6.42 Å². The van der Waals surface area contributed by atoms with E-state index in [2.05, 4.69) is 5.32 Å². The molecule has 168 valence electrons. The van der Waals surface area contributed by atoms with Gasteiger partial charge in [0.2, 0.25) is 5.91 Å². The largest absolute Gasteiger partial charge is 0.459 e. The maximum absolute atomic E-state index is 13.3. The number of esters is 1. The lowest BCUT2D eigenvalue weighted by Gasteiger charge is -2.30. The number of allylic oxidation sites excluding steroid dienone is 1. The van der Waals surface area contributed by atoms with Crippen molar-refractivity contribution in [3.05, 3.63) is 47.2 Å². The maximum Gasteiger partial charge on any atom is 0.408 e. The number of hydrogen-bond acceptors (Lipinski definition) is 5. The predicted molar refractivity (Wildman–Crippen MR) is 116 cm³/mol. The second kappa shape index (κ2) is 9.54. The van der Waals surface area contributed by atoms with Gasteiger partial charge in [-0.3, -0.25) is 9.69 Å². The smallest absolute Gasteiger partial charge is 0.408 e. The lowest BCUT2D eigenvalue weighted by Crippen LogP contribution is -2.51. The fraction of sp³-hybridized carbons (Fsp3) is 0.542. The average Bonchev–Trinajstić information content (AvgIpc) is 3.10. The molecule has 3 rings (SSSR count). The maximum atomic E-state index is 13.3. The molecule has 31 heavy (non-hydrogen) atoms. The summed E-state index contributed by atoms with van der Waals surface area (Å²) in [6.07, 6.45) is 3.50. The van der Waals surface area contributed by atoms with Gasteiger partial charge < -0.3 is 14.8 Å². The molecule has 7 nitrogen and oxygen atoms in total. The first-order valence-corrected chi connectivity index (χ1v) is 10.9. The second-order valence-corrected chi connectivity index (χ2v) is 9.15. The van der Waals surface area contributed by atoms with Crippen LogP contribution in [0.4, 0.5) is 4.79 Å². The summed E-state index contributed by atoms with van der Waals surface area (Å²) in [5, 5.41) is 2.60. The molecule has 2 aliphatic rings. The van der Waals surface area contributed by atoms with Crippen LogP contribution in [0.3, 0.4) is 0 Å². The van der Waals surface area contributed by atoms with Crippen molar-refractivity contribution in [2.75, 3.05) is 0 Å². The molecule has 2 atom stereocenters. The highest BCUT2D eigenvalue weighted by molar-refractivity contribution is 5.92. The summed E-state index contributed by atoms with van der Waals surface area (Å²) in [5.41, 5.74) is 2.29. The van der Waals surface area contributed by atoms with Crippen LogP contribution >= 0.6 is 0 Å². The number of nitrogens with zero attached hydrogens (tertiary/aromatic N) is 1. The Bertz CT molecular complexity index is 856. The van der Waals surface area contributed by atoms with Crippen molar-refractivity contribution in [1.82, 2.24) is 10.2 Å². The summed E-state index contributed by atoms with van der Waals surface area (Å²) in [4.78, 5) is 40.0. The Kier molecular flexibility index (Phi) is 7.03. The van der Waals surface area contributed by atoms with E-state index in [0.717, 1.165) is 42.5 Å². The zero-order chi connectivity index (χ0) is 22.6. The van der Waals surface area contributed by atoms with Gasteiger partial charge in [0.15, 0.2) is 0 Å². The van der Waals surface area contributed by atoms with Crippen LogP contribution < -0.4 is 5.32 Å². The first-order chi connectivity index (χ1) is 14.7. The van der Waals surface area contributed by atoms with Crippen molar-refractivity contribution in [2.45, 2.75) is 84.1 Å². The van der Waals surface area contributed by atoms with Crippen LogP contribution in [-0.2, 0) is 25.7 Å². The summed E-state index contributed by atoms with van der Waals surface area (Å²) in [6.45, 7) is 7.06. The topological polar surface area (TPSA) is 84.9 Å². The normalized spacial score (nSPS) is 19.5. The number of benzene rings is 1. The summed E-state index contributed by atoms with van der Waals surface area (Å²) >= 11 is 0. The van der Waals surface area contributed by atoms with Crippen molar-refractivity contribution in [3.8, 4) is 0 Å². The molecule has 1 aliphatic heterocycles. The van der Waals surface area contributed by atoms with Gasteiger partial charge in [0.1, 0.15) is 24.3 Å². The van der Waals surface area contributed by atoms with Crippen molar-refractivity contribution < 1.29 is 23.9 Å². The fourth-order valence-electron chi connectivity index (χ4n) is 4.03. The second-order valence-electron chi connectivity index (χ2n) is 9.15. The first kappa shape index (κ1) is 22.8. The molecule has 0 unspecified atom stereocenters. The van der Waals surface area contributed by atoms with Crippen LogP contribution in [0.25, 0.3) is 0 Å². The van der Waals surface area contributed by atoms with Crippen LogP contribution in [-0.4, -0.2) is 40.6 Å². The monoisotopic (exact) mass is 428 g/mol. The molecule has 1 heterocycles. The summed E-state index contributed by atoms with van der Waals surface area (Å²) in [7, 11) is 0. The zero-order valence-corrected chi connectivity index (χ0v) is 18.8. The highest BCUT2D eigenvalue weighted by Gasteiger charge is 2.43. The molecule has 0 spiro atoms. The van der Waals surface area contributed by atoms with Gasteiger partial charge in [0.25, 0.3) is 0 Å². The molecule has 0 bridgehead atoms. The van der Waals surface area contributed by atoms with Gasteiger partial charge in [-0.2, -0.15) is 0 Å². The number of hydrogen-bond donors (Lipinski definition) is 1. The minimum Gasteiger partial charge on any atom is -0.459 e. The van der Waals surface area contributed by atoms with Crippen molar-refractivity contribution in [2.24, 2.45) is 0 Å². The van der Waals surface area contributed by atoms with Gasteiger partial charge in [-0.1, -0.05) is 30.3 Å². The standard InChI is InChI=1S/C24H32N2O5/c1-16(25-23(29)31-24(2,3)4)21(27)26-19-13-9-8-12-18(19)14-20(26)22(28)30-15-17-10-6-5-7-11-17/h5-7,10-11,16,20H,8-9,12-15H2,1-4H3,(H,25,29)/t16-,20-/m0/s1. The van der Waals surface area contributed by atoms with Crippen LogP contribution in [0.1, 0.15) is 65.4 Å². The third-order valence-corrected chi connectivity index (χ3v) is 5.43. The molecular formula is C24H32N2O5. The quantitative estimate of drug-likeness (QED) is 0.715. The fourth-order valence-corrected chi connectivity index (χ4v) is 4.03. The highest BCUT2D eigenvalue weighted by atomic mass is 16.6. The first-order valence-electron chi connectivity index (χ1n) is 10.9. The number of nitrogens with one attached hydrogen (secondary N) is 1. The van der Waals surface area contributed by atoms with E-state index in [1.165, 1.54) is 0 Å². The van der Waals surface area contributed by atoms with Gasteiger partial charge in [0, 0.05) is 12.1 Å². The summed E-state index contributed by atoms with van der Waals surface area (Å²) in [5.74, 6) is -0.740. The molecule has 1 N–H and O–H groups in total. The minimum atomic E-state index is -0.826. The Balaban J connectivity index is 1.71. The van der Waals surface area contributed by atoms with Crippen LogP contribution in [0.15, 0.2) is 41.6 Å². The van der Waals surface area contributed by atoms with Crippen molar-refractivity contribution >= 4 is 18.0 Å². The Labute approximate surface area is 183 Å². The number of rotatable bonds is 5. The number of alkyl carbamates (subject to hydrolysis) is 1. The predicted octanol–water partition coefficient (Wildman–Crippen LogP) is 4.07. The van der Waals surface area contributed by atoms with E-state index >= 15 is 0 Å². The van der Waals surface area contributed by atoms with Crippen molar-refractivity contribution in [1.29, 1.82) is 0 Å².